The Kier molecular flexibility index (Phi) is 9.97. The number of rotatable bonds is 8. The molecule has 0 rings (SSSR count). The summed E-state index contributed by atoms with van der Waals surface area (Å²) in [6.07, 6.45) is -4.43. The molecule has 0 heterocycles. The lowest BCUT2D eigenvalue weighted by atomic mass is 8.56. The predicted molar refractivity (Wildman–Crippen MR) is 113 cm³/mol. The first-order valence-corrected chi connectivity index (χ1v) is 6.33. The molecule has 19 heteroatoms. The molecule has 0 aromatic carbocycles. The molecule has 0 amide bonds. The van der Waals surface area contributed by atoms with Gasteiger partial charge >= 0.3 is 0 Å². The van der Waals surface area contributed by atoms with Crippen molar-refractivity contribution in [2.24, 2.45) is 0 Å². The molecule has 0 fully saturated rings. The smallest absolute Gasteiger partial charge is 0.0294 e. The lowest BCUT2D eigenvalue weighted by molar-refractivity contribution is 1.81. The van der Waals surface area contributed by atoms with Crippen LogP contribution in [0.3, 0.4) is 0 Å². The van der Waals surface area contributed by atoms with Gasteiger partial charge in [0, 0.05) is 137 Å². The highest BCUT2D eigenvalue weighted by Crippen LogP contribution is 2.20. The van der Waals surface area contributed by atoms with E-state index in [0.29, 0.717) is 0 Å². The molecule has 0 aromatic heterocycles. The molecule has 0 aliphatic carbocycles. The van der Waals surface area contributed by atoms with Gasteiger partial charge in [-0.1, -0.05) is 0 Å². The van der Waals surface area contributed by atoms with Crippen molar-refractivity contribution in [2.75, 3.05) is 0 Å². The Hall–Kier alpha value is 1.23. The van der Waals surface area contributed by atoms with Crippen molar-refractivity contribution in [3.63, 3.8) is 0 Å². The van der Waals surface area contributed by atoms with Gasteiger partial charge in [0.05, 0.1) is 0 Å². The van der Waals surface area contributed by atoms with Crippen LogP contribution >= 0.6 is 0 Å². The van der Waals surface area contributed by atoms with Crippen LogP contribution in [-0.2, 0) is 0 Å². The molecule has 0 bridgehead atoms. The highest BCUT2D eigenvalue weighted by molar-refractivity contribution is 7.91. The zero-order chi connectivity index (χ0) is 16.2. The van der Waals surface area contributed by atoms with Gasteiger partial charge in [-0.15, -0.1) is 5.62 Å². The molecule has 62 valence electrons. The molecule has 22 radical (unpaired) electrons. The first kappa shape index (κ1) is 21.2. The largest absolute Gasteiger partial charge is 0.146 e. The Morgan fingerprint density at radius 1 is 0.400 bits per heavy atom. The van der Waals surface area contributed by atoms with E-state index in [1.165, 1.54) is 0 Å². The molecule has 20 heavy (non-hydrogen) atoms. The van der Waals surface area contributed by atoms with Crippen LogP contribution in [0.5, 0.6) is 0 Å². The topological polar surface area (TPSA) is 0 Å². The lowest BCUT2D eigenvalue weighted by Gasteiger charge is -2.44. The zero-order valence-corrected chi connectivity index (χ0v) is 11.5. The van der Waals surface area contributed by atoms with Crippen molar-refractivity contribution in [2.45, 2.75) is 5.62 Å². The average molecular weight is 218 g/mol. The first-order valence-electron chi connectivity index (χ1n) is 6.33. The fourth-order valence-corrected chi connectivity index (χ4v) is 2.57. The molecular formula is CHB19. The Bertz CT molecular complexity index is 216. The normalized spacial score (nSPS) is 9.65. The number of hydrogen-bond donors (Lipinski definition) is 0. The summed E-state index contributed by atoms with van der Waals surface area (Å²) in [6, 6.07) is 0. The van der Waals surface area contributed by atoms with Gasteiger partial charge in [-0.05, 0) is 0 Å². The average Bonchev–Trinajstić information content (AvgIpc) is 2.24. The van der Waals surface area contributed by atoms with E-state index in [1.54, 1.807) is 0 Å². The summed E-state index contributed by atoms with van der Waals surface area (Å²) in [4.78, 5) is 0. The van der Waals surface area contributed by atoms with Crippen LogP contribution in [-0.4, -0.2) is 137 Å². The van der Waals surface area contributed by atoms with E-state index in [4.69, 9.17) is 85.1 Å². The van der Waals surface area contributed by atoms with Crippen LogP contribution in [0.2, 0.25) is 5.62 Å². The van der Waals surface area contributed by atoms with Crippen LogP contribution in [0.25, 0.3) is 0 Å². The summed E-state index contributed by atoms with van der Waals surface area (Å²) >= 11 is 0. The van der Waals surface area contributed by atoms with E-state index < -0.39 is 57.0 Å². The molecule has 0 spiro atoms. The molecule has 0 N–H and O–H groups in total. The standard InChI is InChI=1S/CHB19/c2-13(16(3)4)1(14(17(5)6)18(7)8)15(19(9)10)20(11)12/h1H. The van der Waals surface area contributed by atoms with Crippen LogP contribution in [0.1, 0.15) is 0 Å². The highest BCUT2D eigenvalue weighted by atomic mass is 13.6. The second-order valence-corrected chi connectivity index (χ2v) is 5.20. The Balaban J connectivity index is 5.66. The van der Waals surface area contributed by atoms with Crippen molar-refractivity contribution < 1.29 is 0 Å². The van der Waals surface area contributed by atoms with Gasteiger partial charge in [0.1, 0.15) is 0 Å². The third kappa shape index (κ3) is 5.79. The quantitative estimate of drug-likeness (QED) is 0.355. The van der Waals surface area contributed by atoms with Crippen LogP contribution in [0, 0.1) is 0 Å². The summed E-state index contributed by atoms with van der Waals surface area (Å²) in [5, 5.41) is 0. The Labute approximate surface area is 142 Å². The molecule has 0 atom stereocenters. The summed E-state index contributed by atoms with van der Waals surface area (Å²) in [6.45, 7) is -2.10. The van der Waals surface area contributed by atoms with Gasteiger partial charge in [0.2, 0.25) is 0 Å². The predicted octanol–water partition coefficient (Wildman–Crippen LogP) is -6.90. The fourth-order valence-electron chi connectivity index (χ4n) is 2.57. The van der Waals surface area contributed by atoms with E-state index in [1.807, 2.05) is 0 Å². The van der Waals surface area contributed by atoms with E-state index in [-0.39, 0.29) is 0 Å². The zero-order valence-electron chi connectivity index (χ0n) is 11.5. The molecule has 0 aromatic rings. The van der Waals surface area contributed by atoms with Crippen molar-refractivity contribution in [3.05, 3.63) is 0 Å². The summed E-state index contributed by atoms with van der Waals surface area (Å²) < 4.78 is 0. The SMILES string of the molecule is [B]B([B])B([B])C(B(B([B])[B])B([B])[B])B(B([B])[B])B([B])[B]. The van der Waals surface area contributed by atoms with Crippen LogP contribution in [0.4, 0.5) is 0 Å². The maximum atomic E-state index is 6.02. The molecule has 0 aliphatic heterocycles. The highest BCUT2D eigenvalue weighted by Gasteiger charge is 2.42. The van der Waals surface area contributed by atoms with Gasteiger partial charge in [-0.2, -0.15) is 0 Å². The second kappa shape index (κ2) is 9.39. The Morgan fingerprint density at radius 3 is 0.800 bits per heavy atom. The monoisotopic (exact) mass is 222 g/mol. The van der Waals surface area contributed by atoms with Crippen molar-refractivity contribution in [3.8, 4) is 0 Å². The molecule has 0 aliphatic rings. The Morgan fingerprint density at radius 2 is 0.650 bits per heavy atom. The van der Waals surface area contributed by atoms with E-state index in [9.17, 15) is 0 Å². The third-order valence-corrected chi connectivity index (χ3v) is 3.56. The van der Waals surface area contributed by atoms with Gasteiger partial charge in [0.25, 0.3) is 0 Å². The first-order chi connectivity index (χ1) is 9.02. The number of hydrogen-bond acceptors (Lipinski definition) is 0. The van der Waals surface area contributed by atoms with Crippen molar-refractivity contribution in [1.82, 2.24) is 0 Å². The van der Waals surface area contributed by atoms with Crippen LogP contribution < -0.4 is 0 Å². The third-order valence-electron chi connectivity index (χ3n) is 3.56. The van der Waals surface area contributed by atoms with E-state index in [2.05, 4.69) is 0 Å². The minimum Gasteiger partial charge on any atom is -0.146 e. The van der Waals surface area contributed by atoms with Gasteiger partial charge in [-0.3, -0.25) is 0 Å². The molecule has 0 nitrogen and oxygen atoms in total. The van der Waals surface area contributed by atoms with Gasteiger partial charge in [-0.25, -0.2) is 0 Å². The van der Waals surface area contributed by atoms with E-state index >= 15 is 0 Å². The van der Waals surface area contributed by atoms with E-state index in [0.717, 1.165) is 0 Å². The summed E-state index contributed by atoms with van der Waals surface area (Å²) in [7, 11) is 63.2. The second-order valence-electron chi connectivity index (χ2n) is 5.20. The molecule has 0 unspecified atom stereocenters. The maximum absolute atomic E-state index is 6.02. The minimum absolute atomic E-state index is 0.630. The van der Waals surface area contributed by atoms with Crippen molar-refractivity contribution >= 4 is 137 Å². The van der Waals surface area contributed by atoms with Gasteiger partial charge in [0.15, 0.2) is 0 Å². The summed E-state index contributed by atoms with van der Waals surface area (Å²) in [5.74, 6) is 0. The minimum atomic E-state index is -0.889. The maximum Gasteiger partial charge on any atom is 0.0294 e. The summed E-state index contributed by atoms with van der Waals surface area (Å²) in [5.41, 5.74) is -0.630. The van der Waals surface area contributed by atoms with Crippen LogP contribution in [0.15, 0.2) is 0 Å². The lowest BCUT2D eigenvalue weighted by Crippen LogP contribution is -2.70. The fraction of sp³-hybridized carbons (Fsp3) is 1.00. The van der Waals surface area contributed by atoms with Crippen molar-refractivity contribution in [1.29, 1.82) is 0 Å². The molecule has 0 saturated heterocycles. The molecule has 0 saturated carbocycles. The molecular weight excluding hydrogens is 217 g/mol. The van der Waals surface area contributed by atoms with Gasteiger partial charge < -0.3 is 0 Å².